The van der Waals surface area contributed by atoms with Crippen molar-refractivity contribution in [3.05, 3.63) is 34.5 Å². The summed E-state index contributed by atoms with van der Waals surface area (Å²) in [7, 11) is 0. The van der Waals surface area contributed by atoms with E-state index in [1.165, 1.54) is 30.0 Å². The molecule has 0 unspecified atom stereocenters. The summed E-state index contributed by atoms with van der Waals surface area (Å²) in [5, 5.41) is 19.4. The van der Waals surface area contributed by atoms with Crippen LogP contribution in [0.25, 0.3) is 6.08 Å². The molecule has 8 heteroatoms. The van der Waals surface area contributed by atoms with Crippen LogP contribution in [-0.2, 0) is 4.79 Å². The van der Waals surface area contributed by atoms with Gasteiger partial charge in [-0.15, -0.1) is 0 Å². The fourth-order valence-corrected chi connectivity index (χ4v) is 3.57. The highest BCUT2D eigenvalue weighted by Gasteiger charge is 2.28. The third-order valence-electron chi connectivity index (χ3n) is 3.95. The van der Waals surface area contributed by atoms with Crippen LogP contribution in [0.2, 0.25) is 0 Å². The van der Waals surface area contributed by atoms with Gasteiger partial charge in [0.25, 0.3) is 5.91 Å². The van der Waals surface area contributed by atoms with Crippen LogP contribution >= 0.6 is 11.8 Å². The molecular formula is C18H24FN3O3S. The number of aliphatic hydroxyl groups is 1. The summed E-state index contributed by atoms with van der Waals surface area (Å²) in [6.07, 6.45) is 1.53. The van der Waals surface area contributed by atoms with Gasteiger partial charge in [-0.1, -0.05) is 13.8 Å². The maximum Gasteiger partial charge on any atom is 0.286 e. The minimum atomic E-state index is -0.530. The Balaban J connectivity index is 0.00000117. The third-order valence-corrected chi connectivity index (χ3v) is 4.99. The summed E-state index contributed by atoms with van der Waals surface area (Å²) in [6.45, 7) is 7.91. The number of phenols is 1. The molecule has 2 aliphatic heterocycles. The van der Waals surface area contributed by atoms with Crippen molar-refractivity contribution in [2.24, 2.45) is 4.99 Å². The number of benzene rings is 1. The molecule has 0 radical (unpaired) electrons. The molecule has 1 aromatic carbocycles. The molecule has 0 bridgehead atoms. The second-order valence-corrected chi connectivity index (χ2v) is 6.57. The van der Waals surface area contributed by atoms with Crippen LogP contribution in [0.4, 0.5) is 4.39 Å². The number of nitrogens with zero attached hydrogens (tertiary/aromatic N) is 3. The Hall–Kier alpha value is -1.90. The molecule has 0 atom stereocenters. The summed E-state index contributed by atoms with van der Waals surface area (Å²) >= 11 is 1.26. The number of rotatable bonds is 3. The molecule has 6 nitrogen and oxygen atoms in total. The first-order chi connectivity index (χ1) is 12.6. The topological polar surface area (TPSA) is 76.4 Å². The van der Waals surface area contributed by atoms with E-state index in [1.807, 2.05) is 18.7 Å². The number of halogens is 1. The molecule has 3 rings (SSSR count). The van der Waals surface area contributed by atoms with E-state index in [0.29, 0.717) is 22.2 Å². The van der Waals surface area contributed by atoms with E-state index in [2.05, 4.69) is 9.89 Å². The predicted octanol–water partition coefficient (Wildman–Crippen LogP) is 2.14. The van der Waals surface area contributed by atoms with Gasteiger partial charge in [0.05, 0.1) is 11.5 Å². The van der Waals surface area contributed by atoms with Gasteiger partial charge in [0.15, 0.2) is 5.17 Å². The van der Waals surface area contributed by atoms with Crippen molar-refractivity contribution in [3.8, 4) is 5.75 Å². The first-order valence-corrected chi connectivity index (χ1v) is 9.48. The van der Waals surface area contributed by atoms with Crippen molar-refractivity contribution < 1.29 is 19.4 Å². The predicted molar refractivity (Wildman–Crippen MR) is 103 cm³/mol. The highest BCUT2D eigenvalue weighted by molar-refractivity contribution is 8.18. The Morgan fingerprint density at radius 2 is 1.96 bits per heavy atom. The Kier molecular flexibility index (Phi) is 7.62. The number of aliphatic imine (C=N–C) groups is 1. The zero-order chi connectivity index (χ0) is 19.1. The van der Waals surface area contributed by atoms with E-state index in [1.54, 1.807) is 0 Å². The molecule has 0 spiro atoms. The summed E-state index contributed by atoms with van der Waals surface area (Å²) < 4.78 is 13.0. The highest BCUT2D eigenvalue weighted by Crippen LogP contribution is 2.32. The van der Waals surface area contributed by atoms with Gasteiger partial charge in [-0.3, -0.25) is 9.69 Å². The zero-order valence-electron chi connectivity index (χ0n) is 15.0. The molecule has 142 valence electrons. The van der Waals surface area contributed by atoms with Crippen molar-refractivity contribution in [1.29, 1.82) is 0 Å². The van der Waals surface area contributed by atoms with Crippen molar-refractivity contribution in [2.45, 2.75) is 13.8 Å². The Labute approximate surface area is 157 Å². The number of thioether (sulfide) groups is 1. The Bertz CT molecular complexity index is 701. The van der Waals surface area contributed by atoms with Gasteiger partial charge in [-0.05, 0) is 30.0 Å². The molecule has 0 saturated carbocycles. The molecule has 1 amide bonds. The van der Waals surface area contributed by atoms with Crippen molar-refractivity contribution in [3.63, 3.8) is 0 Å². The van der Waals surface area contributed by atoms with E-state index in [-0.39, 0.29) is 18.3 Å². The van der Waals surface area contributed by atoms with Crippen molar-refractivity contribution >= 4 is 28.9 Å². The molecule has 1 aromatic rings. The maximum atomic E-state index is 13.0. The second kappa shape index (κ2) is 9.70. The number of aromatic hydroxyl groups is 1. The molecule has 1 fully saturated rings. The number of amides is 1. The van der Waals surface area contributed by atoms with Crippen molar-refractivity contribution in [1.82, 2.24) is 9.80 Å². The molecule has 2 heterocycles. The number of carbonyl (C=O) groups excluding carboxylic acids is 1. The number of hydrogen-bond donors (Lipinski definition) is 2. The number of piperazine rings is 1. The van der Waals surface area contributed by atoms with Crippen molar-refractivity contribution in [2.75, 3.05) is 39.3 Å². The van der Waals surface area contributed by atoms with Gasteiger partial charge in [0.1, 0.15) is 11.6 Å². The van der Waals surface area contributed by atoms with Crippen LogP contribution in [0, 0.1) is 5.82 Å². The third kappa shape index (κ3) is 5.06. The normalized spacial score (nSPS) is 19.4. The highest BCUT2D eigenvalue weighted by atomic mass is 32.2. The maximum absolute atomic E-state index is 13.0. The van der Waals surface area contributed by atoms with Gasteiger partial charge in [-0.2, -0.15) is 4.99 Å². The molecule has 0 aromatic heterocycles. The fourth-order valence-electron chi connectivity index (χ4n) is 2.62. The van der Waals surface area contributed by atoms with E-state index >= 15 is 0 Å². The van der Waals surface area contributed by atoms with Gasteiger partial charge < -0.3 is 15.1 Å². The number of aliphatic hydroxyl groups excluding tert-OH is 1. The minimum Gasteiger partial charge on any atom is -0.507 e. The fraction of sp³-hybridized carbons (Fsp3) is 0.444. The average molecular weight is 381 g/mol. The largest absolute Gasteiger partial charge is 0.507 e. The van der Waals surface area contributed by atoms with Crippen LogP contribution in [0.1, 0.15) is 19.4 Å². The quantitative estimate of drug-likeness (QED) is 0.782. The van der Waals surface area contributed by atoms with Crippen LogP contribution in [0.5, 0.6) is 5.75 Å². The molecular weight excluding hydrogens is 357 g/mol. The number of hydrogen-bond acceptors (Lipinski definition) is 6. The van der Waals surface area contributed by atoms with Crippen LogP contribution in [-0.4, -0.2) is 70.4 Å². The molecule has 1 saturated heterocycles. The van der Waals surface area contributed by atoms with Crippen LogP contribution in [0.15, 0.2) is 28.1 Å². The number of amidine groups is 1. The lowest BCUT2D eigenvalue weighted by Gasteiger charge is -2.34. The van der Waals surface area contributed by atoms with Gasteiger partial charge >= 0.3 is 0 Å². The smallest absolute Gasteiger partial charge is 0.286 e. The summed E-state index contributed by atoms with van der Waals surface area (Å²) in [4.78, 5) is 20.8. The van der Waals surface area contributed by atoms with E-state index in [9.17, 15) is 14.3 Å². The van der Waals surface area contributed by atoms with E-state index < -0.39 is 5.82 Å². The van der Waals surface area contributed by atoms with Gasteiger partial charge in [0.2, 0.25) is 0 Å². The molecule has 2 N–H and O–H groups in total. The minimum absolute atomic E-state index is 0.141. The lowest BCUT2D eigenvalue weighted by molar-refractivity contribution is -0.113. The number of carbonyl (C=O) groups is 1. The SMILES string of the molecule is CC.O=C1N=C(N2CCN(CCO)CC2)S/C1=C\c1ccc(F)cc1O. The zero-order valence-corrected chi connectivity index (χ0v) is 15.8. The lowest BCUT2D eigenvalue weighted by atomic mass is 10.2. The lowest BCUT2D eigenvalue weighted by Crippen LogP contribution is -2.48. The molecule has 2 aliphatic rings. The van der Waals surface area contributed by atoms with Crippen LogP contribution in [0.3, 0.4) is 0 Å². The second-order valence-electron chi connectivity index (χ2n) is 5.57. The Morgan fingerprint density at radius 3 is 2.58 bits per heavy atom. The summed E-state index contributed by atoms with van der Waals surface area (Å²) in [5.41, 5.74) is 0.386. The summed E-state index contributed by atoms with van der Waals surface area (Å²) in [6, 6.07) is 3.67. The average Bonchev–Trinajstić information content (AvgIpc) is 3.01. The summed E-state index contributed by atoms with van der Waals surface area (Å²) in [5.74, 6) is -1.09. The van der Waals surface area contributed by atoms with E-state index in [0.717, 1.165) is 32.2 Å². The van der Waals surface area contributed by atoms with Gasteiger partial charge in [-0.25, -0.2) is 4.39 Å². The number of β-amino-alcohol motifs (C(OH)–C–C–N with tert-alkyl or cyclic N) is 1. The first kappa shape index (κ1) is 20.4. The molecule has 0 aliphatic carbocycles. The Morgan fingerprint density at radius 1 is 1.27 bits per heavy atom. The standard InChI is InChI=1S/C16H18FN3O3S.C2H6/c17-12-2-1-11(13(22)10-12)9-14-15(23)18-16(24-14)20-5-3-19(4-6-20)7-8-21;1-2/h1-2,9-10,21-22H,3-8H2;1-2H3/b14-9-;. The first-order valence-electron chi connectivity index (χ1n) is 8.66. The van der Waals surface area contributed by atoms with E-state index in [4.69, 9.17) is 5.11 Å². The van der Waals surface area contributed by atoms with Gasteiger partial charge in [0, 0.05) is 44.4 Å². The van der Waals surface area contributed by atoms with Crippen LogP contribution < -0.4 is 0 Å². The number of phenolic OH excluding ortho intramolecular Hbond substituents is 1. The molecule has 26 heavy (non-hydrogen) atoms. The monoisotopic (exact) mass is 381 g/mol.